The Hall–Kier alpha value is -3.85. The number of halogens is 1. The van der Waals surface area contributed by atoms with Crippen molar-refractivity contribution in [1.29, 1.82) is 0 Å². The summed E-state index contributed by atoms with van der Waals surface area (Å²) in [6.45, 7) is 2.85. The molecule has 3 aromatic carbocycles. The number of anilines is 1. The van der Waals surface area contributed by atoms with Crippen molar-refractivity contribution in [2.45, 2.75) is 20.0 Å². The first-order chi connectivity index (χ1) is 17.0. The number of hydrogen-bond acceptors (Lipinski definition) is 6. The summed E-state index contributed by atoms with van der Waals surface area (Å²) in [5, 5.41) is 6.58. The fraction of sp³-hybridized carbons (Fsp3) is 0.192. The highest BCUT2D eigenvalue weighted by Gasteiger charge is 2.10. The quantitative estimate of drug-likeness (QED) is 0.205. The van der Waals surface area contributed by atoms with Crippen LogP contribution in [-0.4, -0.2) is 31.7 Å². The summed E-state index contributed by atoms with van der Waals surface area (Å²) in [5.74, 6) is 0.843. The monoisotopic (exact) mass is 539 g/mol. The van der Waals surface area contributed by atoms with E-state index >= 15 is 0 Å². The predicted octanol–water partition coefficient (Wildman–Crippen LogP) is 4.91. The van der Waals surface area contributed by atoms with Gasteiger partial charge in [0.15, 0.2) is 11.5 Å². The minimum absolute atomic E-state index is 0.364. The zero-order valence-electron chi connectivity index (χ0n) is 19.4. The Kier molecular flexibility index (Phi) is 9.68. The third-order valence-electron chi connectivity index (χ3n) is 4.67. The lowest BCUT2D eigenvalue weighted by molar-refractivity contribution is -0.126. The Balaban J connectivity index is 1.48. The van der Waals surface area contributed by atoms with Gasteiger partial charge < -0.3 is 19.5 Å². The maximum absolute atomic E-state index is 12.1. The molecule has 35 heavy (non-hydrogen) atoms. The molecule has 3 rings (SSSR count). The smallest absolute Gasteiger partial charge is 0.249 e. The molecule has 0 fully saturated rings. The number of hydrogen-bond donors (Lipinski definition) is 2. The highest BCUT2D eigenvalue weighted by molar-refractivity contribution is 9.10. The molecule has 0 aliphatic heterocycles. The van der Waals surface area contributed by atoms with Gasteiger partial charge in [-0.1, -0.05) is 28.1 Å². The average Bonchev–Trinajstić information content (AvgIpc) is 2.85. The Labute approximate surface area is 212 Å². The number of ether oxygens (including phenoxy) is 3. The minimum Gasteiger partial charge on any atom is -0.494 e. The van der Waals surface area contributed by atoms with Crippen molar-refractivity contribution in [3.8, 4) is 17.2 Å². The zero-order chi connectivity index (χ0) is 25.0. The molecule has 0 saturated heterocycles. The van der Waals surface area contributed by atoms with Crippen LogP contribution in [0.15, 0.2) is 76.3 Å². The van der Waals surface area contributed by atoms with Crippen LogP contribution in [0.4, 0.5) is 5.69 Å². The van der Waals surface area contributed by atoms with Gasteiger partial charge in [0, 0.05) is 10.2 Å². The van der Waals surface area contributed by atoms with Crippen molar-refractivity contribution in [3.05, 3.63) is 82.3 Å². The number of nitrogens with zero attached hydrogens (tertiary/aromatic N) is 1. The van der Waals surface area contributed by atoms with Crippen molar-refractivity contribution in [3.63, 3.8) is 0 Å². The molecule has 2 amide bonds. The molecule has 0 aliphatic rings. The number of benzene rings is 3. The standard InChI is InChI=1S/C26H26BrN3O5/c1-3-34-22-11-9-21(10-12-22)29-25(31)15-26(32)30-28-16-19-6-13-23(24(14-19)33-2)35-17-18-4-7-20(27)8-5-18/h4-14,16H,3,15,17H2,1-2H3,(H,29,31)(H,30,32). The molecule has 0 atom stereocenters. The zero-order valence-corrected chi connectivity index (χ0v) is 21.0. The van der Waals surface area contributed by atoms with E-state index in [4.69, 9.17) is 14.2 Å². The number of nitrogens with one attached hydrogen (secondary N) is 2. The molecule has 8 nitrogen and oxygen atoms in total. The van der Waals surface area contributed by atoms with E-state index in [1.54, 1.807) is 49.6 Å². The van der Waals surface area contributed by atoms with Crippen molar-refractivity contribution in [2.75, 3.05) is 19.0 Å². The number of amides is 2. The molecule has 0 aromatic heterocycles. The lowest BCUT2D eigenvalue weighted by atomic mass is 10.2. The van der Waals surface area contributed by atoms with Gasteiger partial charge in [-0.3, -0.25) is 9.59 Å². The summed E-state index contributed by atoms with van der Waals surface area (Å²) in [4.78, 5) is 24.1. The van der Waals surface area contributed by atoms with Gasteiger partial charge in [-0.15, -0.1) is 0 Å². The molecule has 0 spiro atoms. The average molecular weight is 540 g/mol. The van der Waals surface area contributed by atoms with Crippen molar-refractivity contribution < 1.29 is 23.8 Å². The summed E-state index contributed by atoms with van der Waals surface area (Å²) in [6, 6.07) is 20.0. The van der Waals surface area contributed by atoms with Crippen molar-refractivity contribution >= 4 is 39.6 Å². The summed E-state index contributed by atoms with van der Waals surface area (Å²) >= 11 is 3.41. The highest BCUT2D eigenvalue weighted by Crippen LogP contribution is 2.28. The van der Waals surface area contributed by atoms with E-state index in [0.717, 1.165) is 10.0 Å². The molecule has 0 radical (unpaired) electrons. The second kappa shape index (κ2) is 13.1. The van der Waals surface area contributed by atoms with Crippen LogP contribution >= 0.6 is 15.9 Å². The van der Waals surface area contributed by atoms with Gasteiger partial charge in [0.1, 0.15) is 18.8 Å². The van der Waals surface area contributed by atoms with E-state index in [2.05, 4.69) is 31.8 Å². The third kappa shape index (κ3) is 8.46. The maximum atomic E-state index is 12.1. The van der Waals surface area contributed by atoms with Crippen LogP contribution in [0.1, 0.15) is 24.5 Å². The number of carbonyl (C=O) groups excluding carboxylic acids is 2. The van der Waals surface area contributed by atoms with E-state index in [-0.39, 0.29) is 6.42 Å². The Bertz CT molecular complexity index is 1160. The second-order valence-electron chi connectivity index (χ2n) is 7.30. The van der Waals surface area contributed by atoms with Gasteiger partial charge in [-0.05, 0) is 72.6 Å². The Morgan fingerprint density at radius 3 is 2.37 bits per heavy atom. The van der Waals surface area contributed by atoms with Crippen LogP contribution in [0.3, 0.4) is 0 Å². The Morgan fingerprint density at radius 1 is 0.943 bits per heavy atom. The minimum atomic E-state index is -0.536. The fourth-order valence-electron chi connectivity index (χ4n) is 3.00. The lowest BCUT2D eigenvalue weighted by Crippen LogP contribution is -2.24. The van der Waals surface area contributed by atoms with Crippen LogP contribution in [0, 0.1) is 0 Å². The number of rotatable bonds is 11. The largest absolute Gasteiger partial charge is 0.494 e. The second-order valence-corrected chi connectivity index (χ2v) is 8.22. The fourth-order valence-corrected chi connectivity index (χ4v) is 3.26. The number of hydrazone groups is 1. The van der Waals surface area contributed by atoms with E-state index in [1.165, 1.54) is 6.21 Å². The molecule has 0 saturated carbocycles. The van der Waals surface area contributed by atoms with Gasteiger partial charge in [0.25, 0.3) is 0 Å². The van der Waals surface area contributed by atoms with E-state index < -0.39 is 11.8 Å². The maximum Gasteiger partial charge on any atom is 0.249 e. The van der Waals surface area contributed by atoms with Gasteiger partial charge >= 0.3 is 0 Å². The van der Waals surface area contributed by atoms with Crippen LogP contribution in [0.2, 0.25) is 0 Å². The molecule has 0 heterocycles. The molecule has 0 unspecified atom stereocenters. The third-order valence-corrected chi connectivity index (χ3v) is 5.20. The molecule has 2 N–H and O–H groups in total. The molecule has 9 heteroatoms. The van der Waals surface area contributed by atoms with E-state index in [0.29, 0.717) is 41.7 Å². The van der Waals surface area contributed by atoms with E-state index in [1.807, 2.05) is 31.2 Å². The number of carbonyl (C=O) groups is 2. The summed E-state index contributed by atoms with van der Waals surface area (Å²) in [7, 11) is 1.55. The summed E-state index contributed by atoms with van der Waals surface area (Å²) in [5.41, 5.74) is 4.64. The van der Waals surface area contributed by atoms with Crippen LogP contribution in [0.25, 0.3) is 0 Å². The molecule has 182 valence electrons. The van der Waals surface area contributed by atoms with Gasteiger partial charge in [0.2, 0.25) is 11.8 Å². The van der Waals surface area contributed by atoms with Crippen LogP contribution < -0.4 is 25.0 Å². The summed E-state index contributed by atoms with van der Waals surface area (Å²) < 4.78 is 17.6. The van der Waals surface area contributed by atoms with Crippen molar-refractivity contribution in [1.82, 2.24) is 5.43 Å². The molecular formula is C26H26BrN3O5. The highest BCUT2D eigenvalue weighted by atomic mass is 79.9. The van der Waals surface area contributed by atoms with Crippen LogP contribution in [0.5, 0.6) is 17.2 Å². The topological polar surface area (TPSA) is 98.2 Å². The molecule has 0 aliphatic carbocycles. The molecular weight excluding hydrogens is 514 g/mol. The molecule has 3 aromatic rings. The SMILES string of the molecule is CCOc1ccc(NC(=O)CC(=O)NN=Cc2ccc(OCc3ccc(Br)cc3)c(OC)c2)cc1. The van der Waals surface area contributed by atoms with Crippen molar-refractivity contribution in [2.24, 2.45) is 5.10 Å². The lowest BCUT2D eigenvalue weighted by Gasteiger charge is -2.11. The number of methoxy groups -OCH3 is 1. The van der Waals surface area contributed by atoms with Gasteiger partial charge in [-0.25, -0.2) is 5.43 Å². The van der Waals surface area contributed by atoms with E-state index in [9.17, 15) is 9.59 Å². The first-order valence-corrected chi connectivity index (χ1v) is 11.7. The van der Waals surface area contributed by atoms with Crippen LogP contribution in [-0.2, 0) is 16.2 Å². The predicted molar refractivity (Wildman–Crippen MR) is 138 cm³/mol. The normalized spacial score (nSPS) is 10.6. The molecule has 0 bridgehead atoms. The first-order valence-electron chi connectivity index (χ1n) is 10.9. The first kappa shape index (κ1) is 25.8. The summed E-state index contributed by atoms with van der Waals surface area (Å²) in [6.07, 6.45) is 1.10. The Morgan fingerprint density at radius 2 is 1.69 bits per heavy atom. The van der Waals surface area contributed by atoms with Gasteiger partial charge in [0.05, 0.1) is 19.9 Å². The van der Waals surface area contributed by atoms with Gasteiger partial charge in [-0.2, -0.15) is 5.10 Å².